The molecule has 0 atom stereocenters. The fourth-order valence-corrected chi connectivity index (χ4v) is 4.76. The maximum atomic E-state index is 13.0. The summed E-state index contributed by atoms with van der Waals surface area (Å²) in [6.07, 6.45) is 10.1. The largest absolute Gasteiger partial charge is 0.474 e. The van der Waals surface area contributed by atoms with Crippen molar-refractivity contribution in [3.8, 4) is 5.88 Å². The van der Waals surface area contributed by atoms with Gasteiger partial charge in [0.2, 0.25) is 11.8 Å². The number of nitrogens with one attached hydrogen (secondary N) is 2. The lowest BCUT2D eigenvalue weighted by Crippen LogP contribution is -2.36. The second kappa shape index (κ2) is 11.6. The zero-order valence-electron chi connectivity index (χ0n) is 20.4. The Morgan fingerprint density at radius 3 is 2.59 bits per heavy atom. The number of hydrogen-bond donors (Lipinski definition) is 3. The van der Waals surface area contributed by atoms with Gasteiger partial charge in [0, 0.05) is 25.5 Å². The van der Waals surface area contributed by atoms with Crippen molar-refractivity contribution >= 4 is 46.4 Å². The summed E-state index contributed by atoms with van der Waals surface area (Å²) in [6, 6.07) is 5.36. The van der Waals surface area contributed by atoms with E-state index in [1.54, 1.807) is 24.4 Å². The van der Waals surface area contributed by atoms with Crippen molar-refractivity contribution in [1.82, 2.24) is 24.6 Å². The third-order valence-corrected chi connectivity index (χ3v) is 7.10. The van der Waals surface area contributed by atoms with Crippen LogP contribution in [0.4, 0.5) is 17.3 Å². The normalized spacial score (nSPS) is 16.5. The summed E-state index contributed by atoms with van der Waals surface area (Å²) in [4.78, 5) is 24.3. The Balaban J connectivity index is 1.27. The number of anilines is 3. The molecular formula is C25H30Cl2N8O2. The van der Waals surface area contributed by atoms with Crippen LogP contribution in [0.3, 0.4) is 0 Å². The highest BCUT2D eigenvalue weighted by Gasteiger charge is 2.28. The maximum Gasteiger partial charge on any atom is 0.262 e. The van der Waals surface area contributed by atoms with Crippen LogP contribution in [0.15, 0.2) is 36.8 Å². The minimum atomic E-state index is -0.456. The first kappa shape index (κ1) is 25.7. The summed E-state index contributed by atoms with van der Waals surface area (Å²) < 4.78 is 7.94. The molecule has 4 N–H and O–H groups in total. The van der Waals surface area contributed by atoms with Gasteiger partial charge in [-0.25, -0.2) is 4.98 Å². The van der Waals surface area contributed by atoms with E-state index in [0.717, 1.165) is 64.0 Å². The Morgan fingerprint density at radius 1 is 1.14 bits per heavy atom. The van der Waals surface area contributed by atoms with E-state index in [1.807, 2.05) is 10.9 Å². The molecule has 2 aliphatic rings. The van der Waals surface area contributed by atoms with E-state index >= 15 is 0 Å². The molecule has 1 aliphatic carbocycles. The van der Waals surface area contributed by atoms with E-state index in [4.69, 9.17) is 33.7 Å². The number of carbonyl (C=O) groups is 1. The molecule has 2 fully saturated rings. The number of rotatable bonds is 10. The first-order valence-corrected chi connectivity index (χ1v) is 13.3. The third kappa shape index (κ3) is 6.51. The molecule has 0 unspecified atom stereocenters. The first-order chi connectivity index (χ1) is 18.0. The van der Waals surface area contributed by atoms with E-state index in [2.05, 4.69) is 30.6 Å². The van der Waals surface area contributed by atoms with Gasteiger partial charge in [-0.2, -0.15) is 10.1 Å². The van der Waals surface area contributed by atoms with Crippen LogP contribution in [0.1, 0.15) is 48.5 Å². The van der Waals surface area contributed by atoms with Crippen LogP contribution in [0.25, 0.3) is 0 Å². The molecule has 3 heterocycles. The summed E-state index contributed by atoms with van der Waals surface area (Å²) in [5.74, 6) is 0.0693. The zero-order valence-corrected chi connectivity index (χ0v) is 21.9. The van der Waals surface area contributed by atoms with Crippen LogP contribution in [0.2, 0.25) is 10.0 Å². The molecule has 1 saturated carbocycles. The lowest BCUT2D eigenvalue weighted by molar-refractivity contribution is 0.102. The third-order valence-electron chi connectivity index (χ3n) is 6.47. The number of aromatic nitrogens is 4. The Hall–Kier alpha value is -2.92. The van der Waals surface area contributed by atoms with E-state index in [1.165, 1.54) is 6.20 Å². The number of amides is 1. The highest BCUT2D eigenvalue weighted by Crippen LogP contribution is 2.33. The average Bonchev–Trinajstić information content (AvgIpc) is 3.59. The minimum Gasteiger partial charge on any atom is -0.474 e. The maximum absolute atomic E-state index is 13.0. The van der Waals surface area contributed by atoms with Crippen LogP contribution < -0.4 is 21.1 Å². The Labute approximate surface area is 225 Å². The fraction of sp³-hybridized carbons (Fsp3) is 0.440. The Bertz CT molecular complexity index is 1220. The van der Waals surface area contributed by atoms with Gasteiger partial charge in [0.05, 0.1) is 33.7 Å². The van der Waals surface area contributed by atoms with E-state index in [9.17, 15) is 4.79 Å². The summed E-state index contributed by atoms with van der Waals surface area (Å²) in [7, 11) is 0. The highest BCUT2D eigenvalue weighted by molar-refractivity contribution is 6.40. The van der Waals surface area contributed by atoms with Crippen LogP contribution in [-0.2, 0) is 0 Å². The van der Waals surface area contributed by atoms with Gasteiger partial charge in [-0.3, -0.25) is 9.48 Å². The van der Waals surface area contributed by atoms with Gasteiger partial charge < -0.3 is 26.0 Å². The van der Waals surface area contributed by atoms with Crippen LogP contribution in [0.5, 0.6) is 5.88 Å². The van der Waals surface area contributed by atoms with Gasteiger partial charge in [-0.15, -0.1) is 0 Å². The standard InChI is InChI=1S/C25H30Cl2N8O2/c26-20-3-1-4-21(27)22(20)32-23(36)19-14-29-25(33-24(19)37-18-5-6-18)31-16-13-30-35(15-16)17-7-11-34(12-8-17)10-2-9-28/h1,3-4,13-15,17-18H,2,5-12,28H2,(H,32,36)(H,29,31,33). The van der Waals surface area contributed by atoms with Crippen molar-refractivity contribution in [2.24, 2.45) is 5.73 Å². The number of halogens is 2. The van der Waals surface area contributed by atoms with Gasteiger partial charge >= 0.3 is 0 Å². The van der Waals surface area contributed by atoms with Crippen molar-refractivity contribution < 1.29 is 9.53 Å². The molecule has 10 nitrogen and oxygen atoms in total. The van der Waals surface area contributed by atoms with Gasteiger partial charge in [0.15, 0.2) is 0 Å². The van der Waals surface area contributed by atoms with Crippen molar-refractivity contribution in [3.05, 3.63) is 52.4 Å². The number of carbonyl (C=O) groups excluding carboxylic acids is 1. The van der Waals surface area contributed by atoms with E-state index < -0.39 is 5.91 Å². The molecule has 196 valence electrons. The number of piperidine rings is 1. The number of benzene rings is 1. The Morgan fingerprint density at radius 2 is 1.89 bits per heavy atom. The number of hydrogen-bond acceptors (Lipinski definition) is 8. The molecule has 0 radical (unpaired) electrons. The van der Waals surface area contributed by atoms with Crippen molar-refractivity contribution in [1.29, 1.82) is 0 Å². The van der Waals surface area contributed by atoms with Crippen molar-refractivity contribution in [3.63, 3.8) is 0 Å². The van der Waals surface area contributed by atoms with Crippen LogP contribution in [-0.4, -0.2) is 62.8 Å². The van der Waals surface area contributed by atoms with Gasteiger partial charge in [-0.1, -0.05) is 29.3 Å². The SMILES string of the molecule is NCCCN1CCC(n2cc(Nc3ncc(C(=O)Nc4c(Cl)cccc4Cl)c(OC4CC4)n3)cn2)CC1. The predicted octanol–water partition coefficient (Wildman–Crippen LogP) is 4.50. The molecule has 1 amide bonds. The Kier molecular flexibility index (Phi) is 8.09. The molecule has 1 aliphatic heterocycles. The monoisotopic (exact) mass is 544 g/mol. The predicted molar refractivity (Wildman–Crippen MR) is 144 cm³/mol. The lowest BCUT2D eigenvalue weighted by atomic mass is 10.1. The van der Waals surface area contributed by atoms with Crippen LogP contribution in [0, 0.1) is 0 Å². The van der Waals surface area contributed by atoms with E-state index in [-0.39, 0.29) is 17.5 Å². The molecular weight excluding hydrogens is 515 g/mol. The molecule has 0 spiro atoms. The summed E-state index contributed by atoms with van der Waals surface area (Å²) in [6.45, 7) is 3.87. The number of nitrogens with two attached hydrogens (primary N) is 1. The molecule has 1 aromatic carbocycles. The van der Waals surface area contributed by atoms with Crippen LogP contribution >= 0.6 is 23.2 Å². The fourth-order valence-electron chi connectivity index (χ4n) is 4.27. The smallest absolute Gasteiger partial charge is 0.262 e. The first-order valence-electron chi connectivity index (χ1n) is 12.5. The second-order valence-electron chi connectivity index (χ2n) is 9.33. The van der Waals surface area contributed by atoms with E-state index in [0.29, 0.717) is 27.7 Å². The topological polar surface area (TPSA) is 123 Å². The highest BCUT2D eigenvalue weighted by atomic mass is 35.5. The second-order valence-corrected chi connectivity index (χ2v) is 10.1. The van der Waals surface area contributed by atoms with Gasteiger partial charge in [0.1, 0.15) is 11.7 Å². The van der Waals surface area contributed by atoms with Gasteiger partial charge in [0.25, 0.3) is 5.91 Å². The molecule has 3 aromatic rings. The minimum absolute atomic E-state index is 0.0386. The number of para-hydroxylation sites is 1. The lowest BCUT2D eigenvalue weighted by Gasteiger charge is -2.31. The number of likely N-dealkylation sites (tertiary alicyclic amines) is 1. The summed E-state index contributed by atoms with van der Waals surface area (Å²) in [5, 5.41) is 11.2. The number of ether oxygens (including phenoxy) is 1. The zero-order chi connectivity index (χ0) is 25.8. The molecule has 0 bridgehead atoms. The number of nitrogens with zero attached hydrogens (tertiary/aromatic N) is 5. The van der Waals surface area contributed by atoms with Gasteiger partial charge in [-0.05, 0) is 57.3 Å². The average molecular weight is 545 g/mol. The summed E-state index contributed by atoms with van der Waals surface area (Å²) >= 11 is 12.4. The molecule has 2 aromatic heterocycles. The quantitative estimate of drug-likeness (QED) is 0.340. The van der Waals surface area contributed by atoms with Crippen molar-refractivity contribution in [2.75, 3.05) is 36.8 Å². The molecule has 12 heteroatoms. The summed E-state index contributed by atoms with van der Waals surface area (Å²) in [5.41, 5.74) is 6.93. The van der Waals surface area contributed by atoms with Crippen molar-refractivity contribution in [2.45, 2.75) is 44.2 Å². The molecule has 5 rings (SSSR count). The molecule has 37 heavy (non-hydrogen) atoms. The molecule has 1 saturated heterocycles.